The fourth-order valence-electron chi connectivity index (χ4n) is 2.17. The van der Waals surface area contributed by atoms with E-state index in [0.29, 0.717) is 5.92 Å². The molecule has 1 saturated heterocycles. The topological polar surface area (TPSA) is 29.9 Å². The van der Waals surface area contributed by atoms with Gasteiger partial charge in [-0.05, 0) is 25.8 Å². The van der Waals surface area contributed by atoms with Gasteiger partial charge in [0.05, 0.1) is 5.69 Å². The molecule has 2 rings (SSSR count). The second kappa shape index (κ2) is 4.13. The van der Waals surface area contributed by atoms with Crippen LogP contribution in [-0.4, -0.2) is 22.6 Å². The second-order valence-electron chi connectivity index (χ2n) is 4.10. The zero-order chi connectivity index (χ0) is 9.97. The number of aryl methyl sites for hydroxylation is 2. The van der Waals surface area contributed by atoms with Gasteiger partial charge in [-0.3, -0.25) is 0 Å². The average molecular weight is 193 g/mol. The van der Waals surface area contributed by atoms with Gasteiger partial charge in [0.15, 0.2) is 0 Å². The molecular formula is C11H19N3. The summed E-state index contributed by atoms with van der Waals surface area (Å²) in [7, 11) is 2.11. The van der Waals surface area contributed by atoms with Crippen molar-refractivity contribution in [2.45, 2.75) is 32.1 Å². The fraction of sp³-hybridized carbons (Fsp3) is 0.727. The highest BCUT2D eigenvalue weighted by Gasteiger charge is 2.19. The van der Waals surface area contributed by atoms with Gasteiger partial charge in [-0.1, -0.05) is 6.92 Å². The summed E-state index contributed by atoms with van der Waals surface area (Å²) >= 11 is 0. The zero-order valence-electron chi connectivity index (χ0n) is 9.08. The molecule has 3 heteroatoms. The van der Waals surface area contributed by atoms with E-state index >= 15 is 0 Å². The van der Waals surface area contributed by atoms with E-state index in [4.69, 9.17) is 0 Å². The van der Waals surface area contributed by atoms with Crippen molar-refractivity contribution in [1.82, 2.24) is 14.9 Å². The van der Waals surface area contributed by atoms with Gasteiger partial charge < -0.3 is 9.88 Å². The first-order valence-corrected chi connectivity index (χ1v) is 5.54. The van der Waals surface area contributed by atoms with Gasteiger partial charge in [0.25, 0.3) is 0 Å². The summed E-state index contributed by atoms with van der Waals surface area (Å²) in [6.07, 6.45) is 5.75. The SMILES string of the molecule is CCc1cn(C)c(C2CCCNC2)n1. The Hall–Kier alpha value is -0.830. The number of aromatic nitrogens is 2. The molecule has 1 aliphatic heterocycles. The highest BCUT2D eigenvalue weighted by atomic mass is 15.1. The first-order chi connectivity index (χ1) is 6.81. The Kier molecular flexibility index (Phi) is 2.87. The number of nitrogens with zero attached hydrogens (tertiary/aromatic N) is 2. The summed E-state index contributed by atoms with van der Waals surface area (Å²) < 4.78 is 2.19. The highest BCUT2D eigenvalue weighted by Crippen LogP contribution is 2.22. The molecule has 0 bridgehead atoms. The van der Waals surface area contributed by atoms with Crippen molar-refractivity contribution < 1.29 is 0 Å². The van der Waals surface area contributed by atoms with Gasteiger partial charge in [-0.2, -0.15) is 0 Å². The van der Waals surface area contributed by atoms with E-state index < -0.39 is 0 Å². The van der Waals surface area contributed by atoms with E-state index in [9.17, 15) is 0 Å². The van der Waals surface area contributed by atoms with E-state index in [1.165, 1.54) is 30.9 Å². The number of nitrogens with one attached hydrogen (secondary N) is 1. The lowest BCUT2D eigenvalue weighted by Gasteiger charge is -2.22. The second-order valence-corrected chi connectivity index (χ2v) is 4.10. The van der Waals surface area contributed by atoms with Crippen LogP contribution in [0.5, 0.6) is 0 Å². The van der Waals surface area contributed by atoms with Crippen LogP contribution in [0.25, 0.3) is 0 Å². The molecule has 1 unspecified atom stereocenters. The zero-order valence-corrected chi connectivity index (χ0v) is 9.08. The Bertz CT molecular complexity index is 297. The molecule has 0 amide bonds. The molecule has 2 heterocycles. The van der Waals surface area contributed by atoms with Crippen LogP contribution in [0.1, 0.15) is 37.2 Å². The first-order valence-electron chi connectivity index (χ1n) is 5.54. The predicted octanol–water partition coefficient (Wildman–Crippen LogP) is 1.45. The van der Waals surface area contributed by atoms with Crippen molar-refractivity contribution in [1.29, 1.82) is 0 Å². The maximum atomic E-state index is 4.67. The van der Waals surface area contributed by atoms with Crippen molar-refractivity contribution >= 4 is 0 Å². The number of hydrogen-bond donors (Lipinski definition) is 1. The molecule has 0 spiro atoms. The van der Waals surface area contributed by atoms with Crippen LogP contribution in [-0.2, 0) is 13.5 Å². The number of rotatable bonds is 2. The van der Waals surface area contributed by atoms with E-state index in [1.807, 2.05) is 0 Å². The lowest BCUT2D eigenvalue weighted by molar-refractivity contribution is 0.439. The molecule has 1 atom stereocenters. The molecule has 1 aromatic heterocycles. The Labute approximate surface area is 85.5 Å². The van der Waals surface area contributed by atoms with Crippen molar-refractivity contribution in [2.24, 2.45) is 7.05 Å². The molecule has 0 aromatic carbocycles. The Morgan fingerprint density at radius 3 is 3.07 bits per heavy atom. The Morgan fingerprint density at radius 2 is 2.50 bits per heavy atom. The minimum atomic E-state index is 0.619. The highest BCUT2D eigenvalue weighted by molar-refractivity contribution is 5.09. The minimum Gasteiger partial charge on any atom is -0.337 e. The molecule has 3 nitrogen and oxygen atoms in total. The number of piperidine rings is 1. The van der Waals surface area contributed by atoms with Crippen molar-refractivity contribution in [2.75, 3.05) is 13.1 Å². The summed E-state index contributed by atoms with van der Waals surface area (Å²) in [5.41, 5.74) is 1.22. The Morgan fingerprint density at radius 1 is 1.64 bits per heavy atom. The standard InChI is InChI=1S/C11H19N3/c1-3-10-8-14(2)11(13-10)9-5-4-6-12-7-9/h8-9,12H,3-7H2,1-2H3. The van der Waals surface area contributed by atoms with E-state index in [1.54, 1.807) is 0 Å². The van der Waals surface area contributed by atoms with Gasteiger partial charge in [-0.15, -0.1) is 0 Å². The molecular weight excluding hydrogens is 174 g/mol. The van der Waals surface area contributed by atoms with Crippen LogP contribution in [0, 0.1) is 0 Å². The molecule has 1 aromatic rings. The largest absolute Gasteiger partial charge is 0.337 e. The van der Waals surface area contributed by atoms with Gasteiger partial charge in [0.1, 0.15) is 5.82 Å². The summed E-state index contributed by atoms with van der Waals surface area (Å²) in [5, 5.41) is 3.43. The van der Waals surface area contributed by atoms with Crippen molar-refractivity contribution in [3.05, 3.63) is 17.7 Å². The molecule has 14 heavy (non-hydrogen) atoms. The summed E-state index contributed by atoms with van der Waals surface area (Å²) in [5.74, 6) is 1.88. The van der Waals surface area contributed by atoms with E-state index in [2.05, 4.69) is 35.0 Å². The third-order valence-electron chi connectivity index (χ3n) is 2.99. The van der Waals surface area contributed by atoms with E-state index in [-0.39, 0.29) is 0 Å². The number of hydrogen-bond acceptors (Lipinski definition) is 2. The lowest BCUT2D eigenvalue weighted by atomic mass is 9.99. The molecule has 78 valence electrons. The summed E-state index contributed by atoms with van der Waals surface area (Å²) in [6.45, 7) is 4.42. The molecule has 0 aliphatic carbocycles. The Balaban J connectivity index is 2.17. The fourth-order valence-corrected chi connectivity index (χ4v) is 2.17. The molecule has 0 saturated carbocycles. The summed E-state index contributed by atoms with van der Waals surface area (Å²) in [6, 6.07) is 0. The number of imidazole rings is 1. The predicted molar refractivity (Wildman–Crippen MR) is 57.4 cm³/mol. The van der Waals surface area contributed by atoms with Gasteiger partial charge in [0, 0.05) is 25.7 Å². The first kappa shape index (κ1) is 9.71. The molecule has 0 radical (unpaired) electrons. The lowest BCUT2D eigenvalue weighted by Crippen LogP contribution is -2.29. The average Bonchev–Trinajstić information content (AvgIpc) is 2.61. The smallest absolute Gasteiger partial charge is 0.113 e. The van der Waals surface area contributed by atoms with Crippen LogP contribution in [0.15, 0.2) is 6.20 Å². The monoisotopic (exact) mass is 193 g/mol. The molecule has 1 fully saturated rings. The third kappa shape index (κ3) is 1.82. The third-order valence-corrected chi connectivity index (χ3v) is 2.99. The van der Waals surface area contributed by atoms with Gasteiger partial charge in [-0.25, -0.2) is 4.98 Å². The maximum absolute atomic E-state index is 4.67. The van der Waals surface area contributed by atoms with Crippen LogP contribution >= 0.6 is 0 Å². The van der Waals surface area contributed by atoms with Crippen LogP contribution in [0.4, 0.5) is 0 Å². The van der Waals surface area contributed by atoms with Gasteiger partial charge in [0.2, 0.25) is 0 Å². The normalized spacial score (nSPS) is 22.6. The quantitative estimate of drug-likeness (QED) is 0.770. The molecule has 1 aliphatic rings. The molecule has 1 N–H and O–H groups in total. The summed E-state index contributed by atoms with van der Waals surface area (Å²) in [4.78, 5) is 4.67. The van der Waals surface area contributed by atoms with Crippen molar-refractivity contribution in [3.63, 3.8) is 0 Å². The minimum absolute atomic E-state index is 0.619. The van der Waals surface area contributed by atoms with Crippen molar-refractivity contribution in [3.8, 4) is 0 Å². The maximum Gasteiger partial charge on any atom is 0.113 e. The van der Waals surface area contributed by atoms with Crippen LogP contribution in [0.3, 0.4) is 0 Å². The van der Waals surface area contributed by atoms with Crippen LogP contribution in [0.2, 0.25) is 0 Å². The van der Waals surface area contributed by atoms with Crippen LogP contribution < -0.4 is 5.32 Å². The van der Waals surface area contributed by atoms with Gasteiger partial charge >= 0.3 is 0 Å². The van der Waals surface area contributed by atoms with E-state index in [0.717, 1.165) is 13.0 Å².